The van der Waals surface area contributed by atoms with E-state index in [1.54, 1.807) is 30.5 Å². The van der Waals surface area contributed by atoms with Gasteiger partial charge < -0.3 is 0 Å². The number of rotatable bonds is 3. The van der Waals surface area contributed by atoms with Gasteiger partial charge >= 0.3 is 6.18 Å². The second-order valence-corrected chi connectivity index (χ2v) is 3.71. The monoisotopic (exact) mass is 265 g/mol. The fourth-order valence-electron chi connectivity index (χ4n) is 1.40. The predicted molar refractivity (Wildman–Crippen MR) is 66.9 cm³/mol. The Morgan fingerprint density at radius 2 is 1.95 bits per heavy atom. The van der Waals surface area contributed by atoms with Crippen LogP contribution in [0.4, 0.5) is 19.0 Å². The van der Waals surface area contributed by atoms with E-state index in [0.717, 1.165) is 12.1 Å². The number of hydrogen-bond donors (Lipinski definition) is 1. The Balaban J connectivity index is 2.07. The Labute approximate surface area is 107 Å². The molecule has 0 fully saturated rings. The summed E-state index contributed by atoms with van der Waals surface area (Å²) in [5.74, 6) is 0.519. The maximum absolute atomic E-state index is 12.5. The summed E-state index contributed by atoms with van der Waals surface area (Å²) in [6, 6.07) is 10.2. The van der Waals surface area contributed by atoms with E-state index in [2.05, 4.69) is 15.5 Å². The van der Waals surface area contributed by atoms with Crippen molar-refractivity contribution < 1.29 is 13.2 Å². The maximum Gasteiger partial charge on any atom is 0.416 e. The number of benzene rings is 1. The van der Waals surface area contributed by atoms with Crippen LogP contribution in [-0.4, -0.2) is 11.2 Å². The molecule has 3 nitrogen and oxygen atoms in total. The average Bonchev–Trinajstić information content (AvgIpc) is 2.39. The molecule has 0 bridgehead atoms. The molecule has 0 saturated heterocycles. The van der Waals surface area contributed by atoms with Gasteiger partial charge in [-0.05, 0) is 29.8 Å². The van der Waals surface area contributed by atoms with Crippen LogP contribution < -0.4 is 5.43 Å². The molecule has 2 aromatic rings. The quantitative estimate of drug-likeness (QED) is 0.680. The van der Waals surface area contributed by atoms with Crippen LogP contribution in [0.5, 0.6) is 0 Å². The van der Waals surface area contributed by atoms with E-state index in [0.29, 0.717) is 11.4 Å². The van der Waals surface area contributed by atoms with Crippen LogP contribution in [0, 0.1) is 0 Å². The molecule has 0 radical (unpaired) electrons. The summed E-state index contributed by atoms with van der Waals surface area (Å²) in [6.07, 6.45) is -1.45. The first-order valence-electron chi connectivity index (χ1n) is 5.43. The lowest BCUT2D eigenvalue weighted by Crippen LogP contribution is -2.05. The van der Waals surface area contributed by atoms with Crippen molar-refractivity contribution in [2.45, 2.75) is 6.18 Å². The number of alkyl halides is 3. The summed E-state index contributed by atoms with van der Waals surface area (Å²) >= 11 is 0. The molecule has 6 heteroatoms. The van der Waals surface area contributed by atoms with Gasteiger partial charge in [0.1, 0.15) is 5.82 Å². The molecule has 0 atom stereocenters. The molecule has 0 aliphatic heterocycles. The fraction of sp³-hybridized carbons (Fsp3) is 0.0769. The zero-order valence-electron chi connectivity index (χ0n) is 9.72. The van der Waals surface area contributed by atoms with Gasteiger partial charge in [-0.2, -0.15) is 18.3 Å². The fourth-order valence-corrected chi connectivity index (χ4v) is 1.40. The average molecular weight is 265 g/mol. The van der Waals surface area contributed by atoms with Crippen molar-refractivity contribution in [3.8, 4) is 0 Å². The second-order valence-electron chi connectivity index (χ2n) is 3.71. The number of aromatic nitrogens is 1. The molecule has 98 valence electrons. The van der Waals surface area contributed by atoms with E-state index in [4.69, 9.17) is 0 Å². The minimum absolute atomic E-state index is 0.359. The first kappa shape index (κ1) is 13.1. The molecular weight excluding hydrogens is 255 g/mol. The molecule has 0 unspecified atom stereocenters. The van der Waals surface area contributed by atoms with Crippen molar-refractivity contribution in [2.24, 2.45) is 5.10 Å². The molecule has 0 amide bonds. The third-order valence-corrected chi connectivity index (χ3v) is 2.27. The van der Waals surface area contributed by atoms with Crippen LogP contribution in [0.2, 0.25) is 0 Å². The van der Waals surface area contributed by atoms with Crippen molar-refractivity contribution in [3.63, 3.8) is 0 Å². The van der Waals surface area contributed by atoms with Crippen LogP contribution in [-0.2, 0) is 6.18 Å². The number of nitrogens with zero attached hydrogens (tertiary/aromatic N) is 2. The molecule has 1 N–H and O–H groups in total. The Morgan fingerprint density at radius 1 is 1.11 bits per heavy atom. The van der Waals surface area contributed by atoms with E-state index in [1.807, 2.05) is 0 Å². The standard InChI is InChI=1S/C13H10F3N3/c14-13(15,16)11-5-3-4-10(8-11)9-18-19-12-6-1-2-7-17-12/h1-9H,(H,17,19)/b18-9+. The van der Waals surface area contributed by atoms with Gasteiger partial charge in [0, 0.05) is 6.20 Å². The predicted octanol–water partition coefficient (Wildman–Crippen LogP) is 3.55. The minimum Gasteiger partial charge on any atom is -0.261 e. The molecular formula is C13H10F3N3. The van der Waals surface area contributed by atoms with Crippen LogP contribution in [0.1, 0.15) is 11.1 Å². The maximum atomic E-state index is 12.5. The van der Waals surface area contributed by atoms with E-state index >= 15 is 0 Å². The van der Waals surface area contributed by atoms with Crippen molar-refractivity contribution in [1.29, 1.82) is 0 Å². The smallest absolute Gasteiger partial charge is 0.261 e. The zero-order chi connectivity index (χ0) is 13.7. The highest BCUT2D eigenvalue weighted by molar-refractivity contribution is 5.80. The van der Waals surface area contributed by atoms with Gasteiger partial charge in [0.05, 0.1) is 11.8 Å². The summed E-state index contributed by atoms with van der Waals surface area (Å²) < 4.78 is 37.5. The normalized spacial score (nSPS) is 11.7. The summed E-state index contributed by atoms with van der Waals surface area (Å²) in [6.45, 7) is 0. The van der Waals surface area contributed by atoms with Gasteiger partial charge in [-0.15, -0.1) is 0 Å². The summed E-state index contributed by atoms with van der Waals surface area (Å²) in [5.41, 5.74) is 2.29. The Kier molecular flexibility index (Phi) is 3.79. The number of pyridine rings is 1. The number of hydrazone groups is 1. The second kappa shape index (κ2) is 5.51. The van der Waals surface area contributed by atoms with Gasteiger partial charge in [0.15, 0.2) is 0 Å². The highest BCUT2D eigenvalue weighted by Gasteiger charge is 2.30. The molecule has 1 aromatic carbocycles. The van der Waals surface area contributed by atoms with Gasteiger partial charge in [-0.1, -0.05) is 18.2 Å². The van der Waals surface area contributed by atoms with Gasteiger partial charge in [0.2, 0.25) is 0 Å². The van der Waals surface area contributed by atoms with Crippen LogP contribution >= 0.6 is 0 Å². The number of halogens is 3. The minimum atomic E-state index is -4.35. The number of nitrogens with one attached hydrogen (secondary N) is 1. The van der Waals surface area contributed by atoms with E-state index in [1.165, 1.54) is 12.3 Å². The van der Waals surface area contributed by atoms with Crippen molar-refractivity contribution in [1.82, 2.24) is 4.98 Å². The number of hydrogen-bond acceptors (Lipinski definition) is 3. The third-order valence-electron chi connectivity index (χ3n) is 2.27. The molecule has 2 rings (SSSR count). The molecule has 0 spiro atoms. The molecule has 0 aliphatic rings. The van der Waals surface area contributed by atoms with Crippen molar-refractivity contribution in [3.05, 3.63) is 59.8 Å². The molecule has 19 heavy (non-hydrogen) atoms. The van der Waals surface area contributed by atoms with E-state index < -0.39 is 11.7 Å². The highest BCUT2D eigenvalue weighted by atomic mass is 19.4. The van der Waals surface area contributed by atoms with E-state index in [-0.39, 0.29) is 0 Å². The van der Waals surface area contributed by atoms with Crippen LogP contribution in [0.15, 0.2) is 53.8 Å². The topological polar surface area (TPSA) is 37.3 Å². The molecule has 0 saturated carbocycles. The van der Waals surface area contributed by atoms with Crippen LogP contribution in [0.25, 0.3) is 0 Å². The summed E-state index contributed by atoms with van der Waals surface area (Å²) in [5, 5.41) is 3.83. The zero-order valence-corrected chi connectivity index (χ0v) is 9.72. The first-order chi connectivity index (χ1) is 9.05. The first-order valence-corrected chi connectivity index (χ1v) is 5.43. The lowest BCUT2D eigenvalue weighted by molar-refractivity contribution is -0.137. The van der Waals surface area contributed by atoms with Crippen molar-refractivity contribution >= 4 is 12.0 Å². The lowest BCUT2D eigenvalue weighted by Gasteiger charge is -2.06. The highest BCUT2D eigenvalue weighted by Crippen LogP contribution is 2.29. The molecule has 1 aromatic heterocycles. The van der Waals surface area contributed by atoms with Crippen LogP contribution in [0.3, 0.4) is 0 Å². The number of anilines is 1. The summed E-state index contributed by atoms with van der Waals surface area (Å²) in [4.78, 5) is 3.96. The molecule has 0 aliphatic carbocycles. The van der Waals surface area contributed by atoms with Crippen molar-refractivity contribution in [2.75, 3.05) is 5.43 Å². The SMILES string of the molecule is FC(F)(F)c1cccc(/C=N/Nc2ccccn2)c1. The largest absolute Gasteiger partial charge is 0.416 e. The van der Waals surface area contributed by atoms with Gasteiger partial charge in [-0.3, -0.25) is 5.43 Å². The third kappa shape index (κ3) is 3.80. The van der Waals surface area contributed by atoms with E-state index in [9.17, 15) is 13.2 Å². The Hall–Kier alpha value is -2.37. The Bertz CT molecular complexity index is 565. The van der Waals surface area contributed by atoms with Gasteiger partial charge in [-0.25, -0.2) is 4.98 Å². The lowest BCUT2D eigenvalue weighted by atomic mass is 10.1. The summed E-state index contributed by atoms with van der Waals surface area (Å²) in [7, 11) is 0. The molecule has 1 heterocycles. The van der Waals surface area contributed by atoms with Gasteiger partial charge in [0.25, 0.3) is 0 Å². The Morgan fingerprint density at radius 3 is 2.63 bits per heavy atom.